The Bertz CT molecular complexity index is 345. The molecule has 16 heavy (non-hydrogen) atoms. The number of aliphatic hydroxyl groups excluding tert-OH is 2. The van der Waals surface area contributed by atoms with E-state index in [1.807, 2.05) is 32.0 Å². The molecule has 0 aliphatic heterocycles. The molecular weight excluding hydrogens is 204 g/mol. The maximum atomic E-state index is 9.43. The van der Waals surface area contributed by atoms with Gasteiger partial charge in [-0.15, -0.1) is 0 Å². The number of aliphatic hydroxyl groups is 2. The summed E-state index contributed by atoms with van der Waals surface area (Å²) < 4.78 is 5.61. The normalized spacial score (nSPS) is 16.6. The third kappa shape index (κ3) is 3.22. The van der Waals surface area contributed by atoms with Crippen LogP contribution in [0.1, 0.15) is 38.0 Å². The Morgan fingerprint density at radius 2 is 1.75 bits per heavy atom. The Morgan fingerprint density at radius 1 is 1.12 bits per heavy atom. The minimum Gasteiger partial charge on any atom is -0.488 e. The summed E-state index contributed by atoms with van der Waals surface area (Å²) in [5, 5.41) is 18.8. The molecule has 3 atom stereocenters. The maximum Gasteiger partial charge on any atom is 0.122 e. The smallest absolute Gasteiger partial charge is 0.122 e. The highest BCUT2D eigenvalue weighted by Crippen LogP contribution is 2.23. The molecule has 3 nitrogen and oxygen atoms in total. The Kier molecular flexibility index (Phi) is 4.33. The van der Waals surface area contributed by atoms with E-state index in [0.29, 0.717) is 0 Å². The topological polar surface area (TPSA) is 49.7 Å². The molecule has 0 saturated heterocycles. The quantitative estimate of drug-likeness (QED) is 0.824. The molecule has 2 unspecified atom stereocenters. The van der Waals surface area contributed by atoms with Crippen molar-refractivity contribution in [2.24, 2.45) is 0 Å². The fraction of sp³-hybridized carbons (Fsp3) is 0.538. The number of hydrogen-bond donors (Lipinski definition) is 2. The van der Waals surface area contributed by atoms with Crippen molar-refractivity contribution < 1.29 is 14.9 Å². The molecule has 1 aromatic rings. The van der Waals surface area contributed by atoms with Crippen molar-refractivity contribution in [3.8, 4) is 5.75 Å². The Labute approximate surface area is 96.7 Å². The van der Waals surface area contributed by atoms with Gasteiger partial charge in [0.05, 0.1) is 12.2 Å². The number of rotatable bonds is 4. The molecular formula is C13H20O3. The lowest BCUT2D eigenvalue weighted by Crippen LogP contribution is -2.25. The van der Waals surface area contributed by atoms with Crippen LogP contribution in [-0.4, -0.2) is 22.4 Å². The summed E-state index contributed by atoms with van der Waals surface area (Å²) in [6.07, 6.45) is -1.21. The van der Waals surface area contributed by atoms with Crippen molar-refractivity contribution in [3.63, 3.8) is 0 Å². The van der Waals surface area contributed by atoms with Crippen LogP contribution >= 0.6 is 0 Å². The Hall–Kier alpha value is -1.06. The molecule has 0 aliphatic rings. The number of benzene rings is 1. The van der Waals surface area contributed by atoms with Crippen molar-refractivity contribution in [3.05, 3.63) is 29.3 Å². The fourth-order valence-electron chi connectivity index (χ4n) is 1.36. The molecule has 0 aliphatic carbocycles. The van der Waals surface area contributed by atoms with Gasteiger partial charge in [0, 0.05) is 0 Å². The summed E-state index contributed by atoms with van der Waals surface area (Å²) in [6, 6.07) is 5.56. The molecule has 0 spiro atoms. The average Bonchev–Trinajstić information content (AvgIpc) is 2.20. The predicted octanol–water partition coefficient (Wildman–Crippen LogP) is 2.20. The lowest BCUT2D eigenvalue weighted by Gasteiger charge is -2.19. The summed E-state index contributed by atoms with van der Waals surface area (Å²) in [4.78, 5) is 0. The van der Waals surface area contributed by atoms with Crippen LogP contribution in [0, 0.1) is 6.92 Å². The molecule has 90 valence electrons. The third-order valence-electron chi connectivity index (χ3n) is 2.67. The molecule has 0 amide bonds. The van der Waals surface area contributed by atoms with Gasteiger partial charge in [0.2, 0.25) is 0 Å². The first kappa shape index (κ1) is 13.0. The van der Waals surface area contributed by atoms with E-state index in [4.69, 9.17) is 4.74 Å². The van der Waals surface area contributed by atoms with Gasteiger partial charge in [-0.25, -0.2) is 0 Å². The first-order chi connectivity index (χ1) is 7.41. The molecule has 0 saturated carbocycles. The lowest BCUT2D eigenvalue weighted by molar-refractivity contribution is 0.0599. The zero-order chi connectivity index (χ0) is 12.3. The second-order valence-corrected chi connectivity index (χ2v) is 4.26. The summed E-state index contributed by atoms with van der Waals surface area (Å²) in [5.41, 5.74) is 1.83. The molecule has 0 bridgehead atoms. The van der Waals surface area contributed by atoms with Crippen LogP contribution in [0.25, 0.3) is 0 Å². The maximum absolute atomic E-state index is 9.43. The SMILES string of the molecule is Cc1cc([C@H](C)O)ccc1OC(C)C(C)O. The van der Waals surface area contributed by atoms with Gasteiger partial charge in [0.1, 0.15) is 11.9 Å². The van der Waals surface area contributed by atoms with E-state index in [1.54, 1.807) is 13.8 Å². The van der Waals surface area contributed by atoms with Gasteiger partial charge >= 0.3 is 0 Å². The van der Waals surface area contributed by atoms with Crippen molar-refractivity contribution >= 4 is 0 Å². The summed E-state index contributed by atoms with van der Waals surface area (Å²) >= 11 is 0. The van der Waals surface area contributed by atoms with Crippen molar-refractivity contribution in [1.82, 2.24) is 0 Å². The van der Waals surface area contributed by atoms with Gasteiger partial charge in [-0.3, -0.25) is 0 Å². The highest BCUT2D eigenvalue weighted by Gasteiger charge is 2.12. The van der Waals surface area contributed by atoms with Crippen LogP contribution in [0.15, 0.2) is 18.2 Å². The van der Waals surface area contributed by atoms with Gasteiger partial charge in [-0.1, -0.05) is 6.07 Å². The molecule has 0 aromatic heterocycles. The van der Waals surface area contributed by atoms with Gasteiger partial charge < -0.3 is 14.9 Å². The number of aryl methyl sites for hydroxylation is 1. The van der Waals surface area contributed by atoms with Crippen LogP contribution in [0.3, 0.4) is 0 Å². The summed E-state index contributed by atoms with van der Waals surface area (Å²) in [6.45, 7) is 7.18. The molecule has 0 fully saturated rings. The van der Waals surface area contributed by atoms with Crippen LogP contribution in [-0.2, 0) is 0 Å². The van der Waals surface area contributed by atoms with Gasteiger partial charge in [-0.2, -0.15) is 0 Å². The first-order valence-corrected chi connectivity index (χ1v) is 5.55. The van der Waals surface area contributed by atoms with Crippen molar-refractivity contribution in [2.75, 3.05) is 0 Å². The highest BCUT2D eigenvalue weighted by molar-refractivity contribution is 5.37. The minimum absolute atomic E-state index is 0.240. The Morgan fingerprint density at radius 3 is 2.19 bits per heavy atom. The van der Waals surface area contributed by atoms with Crippen LogP contribution in [0.5, 0.6) is 5.75 Å². The van der Waals surface area contributed by atoms with E-state index in [9.17, 15) is 10.2 Å². The Balaban J connectivity index is 2.83. The van der Waals surface area contributed by atoms with E-state index in [2.05, 4.69) is 0 Å². The summed E-state index contributed by atoms with van der Waals surface area (Å²) in [7, 11) is 0. The third-order valence-corrected chi connectivity index (χ3v) is 2.67. The molecule has 0 heterocycles. The van der Waals surface area contributed by atoms with Crippen LogP contribution in [0.4, 0.5) is 0 Å². The molecule has 1 aromatic carbocycles. The van der Waals surface area contributed by atoms with Gasteiger partial charge in [0.15, 0.2) is 0 Å². The summed E-state index contributed by atoms with van der Waals surface area (Å²) in [5.74, 6) is 0.748. The zero-order valence-electron chi connectivity index (χ0n) is 10.3. The van der Waals surface area contributed by atoms with E-state index in [0.717, 1.165) is 16.9 Å². The highest BCUT2D eigenvalue weighted by atomic mass is 16.5. The van der Waals surface area contributed by atoms with Crippen LogP contribution < -0.4 is 4.74 Å². The molecule has 1 rings (SSSR count). The molecule has 0 radical (unpaired) electrons. The largest absolute Gasteiger partial charge is 0.488 e. The predicted molar refractivity (Wildman–Crippen MR) is 63.6 cm³/mol. The van der Waals surface area contributed by atoms with E-state index < -0.39 is 12.2 Å². The van der Waals surface area contributed by atoms with Crippen molar-refractivity contribution in [1.29, 1.82) is 0 Å². The standard InChI is InChI=1S/C13H20O3/c1-8-7-12(10(3)15)5-6-13(8)16-11(4)9(2)14/h5-7,9-11,14-15H,1-4H3/t9?,10-,11?/m0/s1. The lowest BCUT2D eigenvalue weighted by atomic mass is 10.1. The van der Waals surface area contributed by atoms with Crippen molar-refractivity contribution in [2.45, 2.75) is 46.0 Å². The van der Waals surface area contributed by atoms with E-state index >= 15 is 0 Å². The van der Waals surface area contributed by atoms with E-state index in [1.165, 1.54) is 0 Å². The monoisotopic (exact) mass is 224 g/mol. The molecule has 3 heteroatoms. The molecule has 2 N–H and O–H groups in total. The zero-order valence-corrected chi connectivity index (χ0v) is 10.3. The first-order valence-electron chi connectivity index (χ1n) is 5.55. The number of hydrogen-bond acceptors (Lipinski definition) is 3. The minimum atomic E-state index is -0.504. The second-order valence-electron chi connectivity index (χ2n) is 4.26. The second kappa shape index (κ2) is 5.32. The fourth-order valence-corrected chi connectivity index (χ4v) is 1.36. The average molecular weight is 224 g/mol. The van der Waals surface area contributed by atoms with Gasteiger partial charge in [0.25, 0.3) is 0 Å². The van der Waals surface area contributed by atoms with E-state index in [-0.39, 0.29) is 6.10 Å². The number of ether oxygens (including phenoxy) is 1. The van der Waals surface area contributed by atoms with Gasteiger partial charge in [-0.05, 0) is 51.0 Å². The van der Waals surface area contributed by atoms with Crippen LogP contribution in [0.2, 0.25) is 0 Å².